The third-order valence-electron chi connectivity index (χ3n) is 7.11. The summed E-state index contributed by atoms with van der Waals surface area (Å²) in [4.78, 5) is 24.8. The summed E-state index contributed by atoms with van der Waals surface area (Å²) >= 11 is 0. The molecule has 0 spiro atoms. The lowest BCUT2D eigenvalue weighted by atomic mass is 9.81. The first-order chi connectivity index (χ1) is 17.7. The normalized spacial score (nSPS) is 37.4. The van der Waals surface area contributed by atoms with Crippen LogP contribution in [-0.2, 0) is 33.3 Å². The van der Waals surface area contributed by atoms with Crippen molar-refractivity contribution in [2.24, 2.45) is 11.8 Å². The standard InChI is InChI=1S/C26H32O11/c1-26(32)11-10-15-16(23(31)33-2)13-34-24(19(15)26)37-25-22(21(30)20(29)17(12-27)35-25)36-18(28)9-8-14-6-4-3-5-7-14/h3-9,13,15,17,19-22,24-25,27,29-30,32H,10-12H2,1-2H3. The number of fused-ring (bicyclic) bond motifs is 1. The molecule has 1 saturated heterocycles. The molecule has 0 aromatic heterocycles. The van der Waals surface area contributed by atoms with Crippen molar-refractivity contribution >= 4 is 18.0 Å². The van der Waals surface area contributed by atoms with E-state index in [0.717, 1.165) is 11.6 Å². The van der Waals surface area contributed by atoms with Crippen LogP contribution < -0.4 is 0 Å². The summed E-state index contributed by atoms with van der Waals surface area (Å²) in [5.41, 5.74) is -0.282. The van der Waals surface area contributed by atoms with Gasteiger partial charge in [-0.25, -0.2) is 9.59 Å². The Balaban J connectivity index is 1.56. The second-order valence-electron chi connectivity index (χ2n) is 9.59. The van der Waals surface area contributed by atoms with E-state index in [1.54, 1.807) is 31.2 Å². The van der Waals surface area contributed by atoms with Crippen molar-refractivity contribution in [1.29, 1.82) is 0 Å². The van der Waals surface area contributed by atoms with Crippen molar-refractivity contribution < 1.29 is 53.7 Å². The van der Waals surface area contributed by atoms with Crippen molar-refractivity contribution in [2.75, 3.05) is 13.7 Å². The highest BCUT2D eigenvalue weighted by Crippen LogP contribution is 2.49. The molecule has 9 unspecified atom stereocenters. The first kappa shape index (κ1) is 27.2. The van der Waals surface area contributed by atoms with Gasteiger partial charge in [-0.15, -0.1) is 0 Å². The number of aliphatic hydroxyl groups excluding tert-OH is 3. The van der Waals surface area contributed by atoms with Gasteiger partial charge in [0.15, 0.2) is 6.10 Å². The molecule has 4 N–H and O–H groups in total. The van der Waals surface area contributed by atoms with E-state index in [9.17, 15) is 30.0 Å². The largest absolute Gasteiger partial charge is 0.471 e. The molecule has 9 atom stereocenters. The number of rotatable bonds is 7. The lowest BCUT2D eigenvalue weighted by Gasteiger charge is -2.45. The molecule has 4 rings (SSSR count). The number of carbonyl (C=O) groups excluding carboxylic acids is 2. The van der Waals surface area contributed by atoms with Crippen LogP contribution in [0.5, 0.6) is 0 Å². The molecular weight excluding hydrogens is 488 g/mol. The maximum Gasteiger partial charge on any atom is 0.337 e. The van der Waals surface area contributed by atoms with Crippen molar-refractivity contribution in [3.8, 4) is 0 Å². The van der Waals surface area contributed by atoms with Gasteiger partial charge in [0.2, 0.25) is 12.6 Å². The van der Waals surface area contributed by atoms with Gasteiger partial charge in [-0.2, -0.15) is 0 Å². The molecule has 11 heteroatoms. The Morgan fingerprint density at radius 1 is 1.16 bits per heavy atom. The summed E-state index contributed by atoms with van der Waals surface area (Å²) < 4.78 is 27.5. The Labute approximate surface area is 213 Å². The van der Waals surface area contributed by atoms with Gasteiger partial charge in [0.1, 0.15) is 18.3 Å². The number of ether oxygens (including phenoxy) is 5. The van der Waals surface area contributed by atoms with Crippen molar-refractivity contribution in [2.45, 2.75) is 62.4 Å². The smallest absolute Gasteiger partial charge is 0.337 e. The summed E-state index contributed by atoms with van der Waals surface area (Å²) in [5, 5.41) is 41.8. The van der Waals surface area contributed by atoms with Crippen LogP contribution >= 0.6 is 0 Å². The number of aliphatic hydroxyl groups is 4. The lowest BCUT2D eigenvalue weighted by molar-refractivity contribution is -0.346. The Morgan fingerprint density at radius 2 is 1.89 bits per heavy atom. The first-order valence-corrected chi connectivity index (χ1v) is 12.0. The Morgan fingerprint density at radius 3 is 2.57 bits per heavy atom. The van der Waals surface area contributed by atoms with Crippen LogP contribution in [0.2, 0.25) is 0 Å². The van der Waals surface area contributed by atoms with E-state index >= 15 is 0 Å². The fraction of sp³-hybridized carbons (Fsp3) is 0.538. The van der Waals surface area contributed by atoms with Crippen LogP contribution in [-0.4, -0.2) is 88.7 Å². The second-order valence-corrected chi connectivity index (χ2v) is 9.59. The number of esters is 2. The van der Waals surface area contributed by atoms with Gasteiger partial charge in [0.05, 0.1) is 37.1 Å². The highest BCUT2D eigenvalue weighted by Gasteiger charge is 2.56. The van der Waals surface area contributed by atoms with E-state index in [2.05, 4.69) is 0 Å². The number of hydrogen-bond donors (Lipinski definition) is 4. The van der Waals surface area contributed by atoms with Gasteiger partial charge in [0.25, 0.3) is 0 Å². The first-order valence-electron chi connectivity index (χ1n) is 12.0. The third-order valence-corrected chi connectivity index (χ3v) is 7.11. The SMILES string of the molecule is COC(=O)C1=COC(OC2OC(CO)C(O)C(O)C2OC(=O)C=Cc2ccccc2)C2C1CCC2(C)O. The number of benzene rings is 1. The third kappa shape index (κ3) is 5.71. The summed E-state index contributed by atoms with van der Waals surface area (Å²) in [5.74, 6) is -2.58. The van der Waals surface area contributed by atoms with Crippen molar-refractivity contribution in [3.05, 3.63) is 53.8 Å². The Hall–Kier alpha value is -2.80. The van der Waals surface area contributed by atoms with Gasteiger partial charge in [-0.05, 0) is 31.4 Å². The van der Waals surface area contributed by atoms with Gasteiger partial charge in [-0.3, -0.25) is 0 Å². The Bertz CT molecular complexity index is 1020. The molecule has 2 aliphatic heterocycles. The monoisotopic (exact) mass is 520 g/mol. The number of methoxy groups -OCH3 is 1. The van der Waals surface area contributed by atoms with E-state index < -0.39 is 73.0 Å². The molecule has 1 aromatic carbocycles. The van der Waals surface area contributed by atoms with Crippen LogP contribution in [0.25, 0.3) is 6.08 Å². The molecule has 0 amide bonds. The zero-order valence-corrected chi connectivity index (χ0v) is 20.5. The average molecular weight is 521 g/mol. The maximum absolute atomic E-state index is 12.6. The second kappa shape index (κ2) is 11.3. The van der Waals surface area contributed by atoms with Gasteiger partial charge in [-0.1, -0.05) is 30.3 Å². The Kier molecular flexibility index (Phi) is 8.32. The van der Waals surface area contributed by atoms with E-state index in [0.29, 0.717) is 12.8 Å². The molecule has 11 nitrogen and oxygen atoms in total. The molecule has 37 heavy (non-hydrogen) atoms. The predicted molar refractivity (Wildman–Crippen MR) is 126 cm³/mol. The van der Waals surface area contributed by atoms with E-state index in [1.807, 2.05) is 6.07 Å². The van der Waals surface area contributed by atoms with E-state index in [-0.39, 0.29) is 5.57 Å². The van der Waals surface area contributed by atoms with E-state index in [4.69, 9.17) is 23.7 Å². The fourth-order valence-electron chi connectivity index (χ4n) is 5.13. The quantitative estimate of drug-likeness (QED) is 0.288. The van der Waals surface area contributed by atoms with Gasteiger partial charge >= 0.3 is 11.9 Å². The molecule has 3 aliphatic rings. The van der Waals surface area contributed by atoms with Crippen LogP contribution in [0.15, 0.2) is 48.2 Å². The van der Waals surface area contributed by atoms with Crippen LogP contribution in [0, 0.1) is 11.8 Å². The van der Waals surface area contributed by atoms with Gasteiger partial charge in [0, 0.05) is 12.0 Å². The minimum atomic E-state index is -1.66. The van der Waals surface area contributed by atoms with Crippen LogP contribution in [0.3, 0.4) is 0 Å². The molecule has 1 aliphatic carbocycles. The fourth-order valence-corrected chi connectivity index (χ4v) is 5.13. The molecule has 2 heterocycles. The number of carbonyl (C=O) groups is 2. The molecular formula is C26H32O11. The summed E-state index contributed by atoms with van der Waals surface area (Å²) in [6.45, 7) is 0.953. The van der Waals surface area contributed by atoms with Crippen LogP contribution in [0.1, 0.15) is 25.3 Å². The molecule has 2 fully saturated rings. The highest BCUT2D eigenvalue weighted by atomic mass is 16.8. The molecule has 1 saturated carbocycles. The minimum Gasteiger partial charge on any atom is -0.471 e. The summed E-state index contributed by atoms with van der Waals surface area (Å²) in [7, 11) is 1.25. The van der Waals surface area contributed by atoms with Gasteiger partial charge < -0.3 is 44.1 Å². The molecule has 202 valence electrons. The average Bonchev–Trinajstić information content (AvgIpc) is 3.22. The zero-order chi connectivity index (χ0) is 26.7. The van der Waals surface area contributed by atoms with Crippen molar-refractivity contribution in [3.63, 3.8) is 0 Å². The molecule has 1 aromatic rings. The summed E-state index contributed by atoms with van der Waals surface area (Å²) in [6, 6.07) is 8.99. The maximum atomic E-state index is 12.6. The molecule has 0 bridgehead atoms. The van der Waals surface area contributed by atoms with Crippen LogP contribution in [0.4, 0.5) is 0 Å². The lowest BCUT2D eigenvalue weighted by Crippen LogP contribution is -2.61. The predicted octanol–water partition coefficient (Wildman–Crippen LogP) is 0.258. The van der Waals surface area contributed by atoms with E-state index in [1.165, 1.54) is 19.4 Å². The van der Waals surface area contributed by atoms with Crippen molar-refractivity contribution in [1.82, 2.24) is 0 Å². The topological polar surface area (TPSA) is 161 Å². The molecule has 0 radical (unpaired) electrons. The zero-order valence-electron chi connectivity index (χ0n) is 20.5. The number of hydrogen-bond acceptors (Lipinski definition) is 11. The minimum absolute atomic E-state index is 0.257. The summed E-state index contributed by atoms with van der Waals surface area (Å²) in [6.07, 6.45) is -3.88. The highest BCUT2D eigenvalue weighted by molar-refractivity contribution is 5.89.